The predicted molar refractivity (Wildman–Crippen MR) is 86.1 cm³/mol. The number of carbonyl (C=O) groups is 2. The minimum atomic E-state index is -3.56. The van der Waals surface area contributed by atoms with Gasteiger partial charge in [-0.25, -0.2) is 17.9 Å². The number of carboxylic acid groups (broad SMARTS) is 1. The van der Waals surface area contributed by atoms with Gasteiger partial charge in [0.25, 0.3) is 5.91 Å². The zero-order chi connectivity index (χ0) is 17.3. The van der Waals surface area contributed by atoms with Crippen molar-refractivity contribution in [2.24, 2.45) is 0 Å². The summed E-state index contributed by atoms with van der Waals surface area (Å²) in [6.07, 6.45) is 3.69. The second kappa shape index (κ2) is 6.52. The molecule has 1 saturated heterocycles. The van der Waals surface area contributed by atoms with Gasteiger partial charge in [0.2, 0.25) is 10.0 Å². The molecule has 1 aromatic rings. The van der Waals surface area contributed by atoms with E-state index in [1.54, 1.807) is 0 Å². The van der Waals surface area contributed by atoms with Crippen LogP contribution in [0.2, 0.25) is 0 Å². The third-order valence-electron chi connectivity index (χ3n) is 4.36. The number of benzene rings is 1. The molecule has 1 atom stereocenters. The monoisotopic (exact) mass is 352 g/mol. The number of hydrogen-bond acceptors (Lipinski definition) is 4. The maximum Gasteiger partial charge on any atom is 0.326 e. The van der Waals surface area contributed by atoms with Crippen molar-refractivity contribution in [3.63, 3.8) is 0 Å². The van der Waals surface area contributed by atoms with E-state index in [1.165, 1.54) is 29.2 Å². The van der Waals surface area contributed by atoms with Gasteiger partial charge in [0, 0.05) is 18.2 Å². The highest BCUT2D eigenvalue weighted by Crippen LogP contribution is 2.23. The minimum Gasteiger partial charge on any atom is -0.480 e. The molecule has 1 saturated carbocycles. The fraction of sp³-hybridized carbons (Fsp3) is 0.500. The van der Waals surface area contributed by atoms with Crippen molar-refractivity contribution in [1.82, 2.24) is 9.62 Å². The molecule has 1 aliphatic carbocycles. The molecule has 1 heterocycles. The van der Waals surface area contributed by atoms with Crippen LogP contribution in [-0.4, -0.2) is 48.9 Å². The van der Waals surface area contributed by atoms with Crippen molar-refractivity contribution in [3.05, 3.63) is 29.8 Å². The lowest BCUT2D eigenvalue weighted by Crippen LogP contribution is -2.47. The van der Waals surface area contributed by atoms with E-state index in [2.05, 4.69) is 4.72 Å². The number of nitrogens with zero attached hydrogens (tertiary/aromatic N) is 1. The summed E-state index contributed by atoms with van der Waals surface area (Å²) in [5.74, 6) is -1.38. The number of piperidine rings is 1. The molecule has 1 amide bonds. The van der Waals surface area contributed by atoms with E-state index in [4.69, 9.17) is 0 Å². The Labute approximate surface area is 140 Å². The summed E-state index contributed by atoms with van der Waals surface area (Å²) in [5, 5.41) is 9.26. The molecule has 2 fully saturated rings. The Bertz CT molecular complexity index is 740. The quantitative estimate of drug-likeness (QED) is 0.829. The van der Waals surface area contributed by atoms with Crippen LogP contribution in [-0.2, 0) is 14.8 Å². The number of hydrogen-bond donors (Lipinski definition) is 2. The Hall–Kier alpha value is -1.93. The topological polar surface area (TPSA) is 104 Å². The first kappa shape index (κ1) is 16.9. The molecular weight excluding hydrogens is 332 g/mol. The second-order valence-electron chi connectivity index (χ2n) is 6.27. The highest BCUT2D eigenvalue weighted by molar-refractivity contribution is 7.89. The zero-order valence-corrected chi connectivity index (χ0v) is 14.0. The predicted octanol–water partition coefficient (Wildman–Crippen LogP) is 1.21. The summed E-state index contributed by atoms with van der Waals surface area (Å²) in [6, 6.07) is 4.86. The summed E-state index contributed by atoms with van der Waals surface area (Å²) in [5.41, 5.74) is 0.300. The third-order valence-corrected chi connectivity index (χ3v) is 5.90. The molecule has 0 unspecified atom stereocenters. The molecule has 2 aliphatic rings. The third kappa shape index (κ3) is 3.59. The smallest absolute Gasteiger partial charge is 0.326 e. The van der Waals surface area contributed by atoms with Gasteiger partial charge < -0.3 is 10.0 Å². The lowest BCUT2D eigenvalue weighted by atomic mass is 10.0. The van der Waals surface area contributed by atoms with E-state index in [1.807, 2.05) is 0 Å². The number of amides is 1. The largest absolute Gasteiger partial charge is 0.480 e. The van der Waals surface area contributed by atoms with Crippen LogP contribution in [0, 0.1) is 0 Å². The molecular formula is C16H20N2O5S. The van der Waals surface area contributed by atoms with E-state index in [0.717, 1.165) is 25.7 Å². The Kier molecular flexibility index (Phi) is 4.60. The van der Waals surface area contributed by atoms with Gasteiger partial charge in [-0.3, -0.25) is 4.79 Å². The number of nitrogens with one attached hydrogen (secondary N) is 1. The number of aliphatic carboxylic acids is 1. The number of sulfonamides is 1. The van der Waals surface area contributed by atoms with Crippen LogP contribution in [0.25, 0.3) is 0 Å². The lowest BCUT2D eigenvalue weighted by Gasteiger charge is -2.33. The maximum atomic E-state index is 12.6. The van der Waals surface area contributed by atoms with Gasteiger partial charge in [0.1, 0.15) is 6.04 Å². The Morgan fingerprint density at radius 3 is 2.33 bits per heavy atom. The van der Waals surface area contributed by atoms with Gasteiger partial charge >= 0.3 is 5.97 Å². The van der Waals surface area contributed by atoms with Crippen LogP contribution in [0.3, 0.4) is 0 Å². The van der Waals surface area contributed by atoms with Crippen molar-refractivity contribution in [2.75, 3.05) is 6.54 Å². The summed E-state index contributed by atoms with van der Waals surface area (Å²) >= 11 is 0. The fourth-order valence-electron chi connectivity index (χ4n) is 2.86. The van der Waals surface area contributed by atoms with Gasteiger partial charge in [0.05, 0.1) is 4.90 Å². The van der Waals surface area contributed by atoms with Gasteiger partial charge in [-0.05, 0) is 56.4 Å². The van der Waals surface area contributed by atoms with Crippen molar-refractivity contribution in [3.8, 4) is 0 Å². The molecule has 0 bridgehead atoms. The van der Waals surface area contributed by atoms with Gasteiger partial charge in [-0.15, -0.1) is 0 Å². The molecule has 24 heavy (non-hydrogen) atoms. The van der Waals surface area contributed by atoms with E-state index in [9.17, 15) is 23.1 Å². The first-order valence-corrected chi connectivity index (χ1v) is 9.53. The van der Waals surface area contributed by atoms with Gasteiger partial charge in [-0.2, -0.15) is 0 Å². The first-order valence-electron chi connectivity index (χ1n) is 8.04. The van der Waals surface area contributed by atoms with Gasteiger partial charge in [-0.1, -0.05) is 0 Å². The molecule has 0 spiro atoms. The summed E-state index contributed by atoms with van der Waals surface area (Å²) < 4.78 is 26.8. The molecule has 3 rings (SSSR count). The fourth-order valence-corrected chi connectivity index (χ4v) is 4.17. The van der Waals surface area contributed by atoms with Crippen LogP contribution in [0.4, 0.5) is 0 Å². The van der Waals surface area contributed by atoms with E-state index >= 15 is 0 Å². The number of rotatable bonds is 5. The van der Waals surface area contributed by atoms with Crippen LogP contribution in [0.1, 0.15) is 42.5 Å². The van der Waals surface area contributed by atoms with Crippen LogP contribution in [0.15, 0.2) is 29.2 Å². The molecule has 8 heteroatoms. The average molecular weight is 352 g/mol. The lowest BCUT2D eigenvalue weighted by molar-refractivity contribution is -0.143. The Morgan fingerprint density at radius 1 is 1.08 bits per heavy atom. The first-order chi connectivity index (χ1) is 11.4. The molecule has 0 aromatic heterocycles. The summed E-state index contributed by atoms with van der Waals surface area (Å²) in [6.45, 7) is 0.402. The zero-order valence-electron chi connectivity index (χ0n) is 13.1. The second-order valence-corrected chi connectivity index (χ2v) is 7.98. The van der Waals surface area contributed by atoms with Crippen LogP contribution >= 0.6 is 0 Å². The maximum absolute atomic E-state index is 12.6. The molecule has 0 radical (unpaired) electrons. The van der Waals surface area contributed by atoms with Crippen molar-refractivity contribution in [1.29, 1.82) is 0 Å². The molecule has 7 nitrogen and oxygen atoms in total. The number of carbonyl (C=O) groups excluding carboxylic acids is 1. The Morgan fingerprint density at radius 2 is 1.75 bits per heavy atom. The highest BCUT2D eigenvalue weighted by Gasteiger charge is 2.33. The van der Waals surface area contributed by atoms with Crippen LogP contribution in [0.5, 0.6) is 0 Å². The molecule has 130 valence electrons. The summed E-state index contributed by atoms with van der Waals surface area (Å²) in [4.78, 5) is 25.3. The van der Waals surface area contributed by atoms with E-state index in [-0.39, 0.29) is 16.8 Å². The average Bonchev–Trinajstić information content (AvgIpc) is 3.37. The molecule has 1 aliphatic heterocycles. The summed E-state index contributed by atoms with van der Waals surface area (Å²) in [7, 11) is -3.56. The van der Waals surface area contributed by atoms with E-state index < -0.39 is 22.0 Å². The van der Waals surface area contributed by atoms with Crippen LogP contribution < -0.4 is 4.72 Å². The minimum absolute atomic E-state index is 0.0148. The normalized spacial score (nSPS) is 21.5. The highest BCUT2D eigenvalue weighted by atomic mass is 32.2. The molecule has 2 N–H and O–H groups in total. The van der Waals surface area contributed by atoms with Gasteiger partial charge in [0.15, 0.2) is 0 Å². The van der Waals surface area contributed by atoms with Crippen molar-refractivity contribution >= 4 is 21.9 Å². The van der Waals surface area contributed by atoms with Crippen molar-refractivity contribution in [2.45, 2.75) is 49.1 Å². The van der Waals surface area contributed by atoms with E-state index in [0.29, 0.717) is 18.5 Å². The SMILES string of the molecule is O=C(O)[C@H]1CCCCN1C(=O)c1ccc(S(=O)(=O)NC2CC2)cc1. The number of likely N-dealkylation sites (tertiary alicyclic amines) is 1. The molecule has 1 aromatic carbocycles. The standard InChI is InChI=1S/C16H20N2O5S/c19-15(18-10-2-1-3-14(18)16(20)21)11-4-8-13(9-5-11)24(22,23)17-12-6-7-12/h4-5,8-9,12,14,17H,1-3,6-7,10H2,(H,20,21)/t14-/m1/s1. The Balaban J connectivity index is 1.77. The number of carboxylic acids is 1. The van der Waals surface area contributed by atoms with Crippen molar-refractivity contribution < 1.29 is 23.1 Å².